The third-order valence-corrected chi connectivity index (χ3v) is 2.39. The maximum absolute atomic E-state index is 10.8. The van der Waals surface area contributed by atoms with Crippen molar-refractivity contribution in [2.45, 2.75) is 6.61 Å². The molecule has 2 aromatic rings. The number of aliphatic hydroxyl groups excluding tert-OH is 1. The molecule has 0 heterocycles. The molecule has 2 rings (SSSR count). The summed E-state index contributed by atoms with van der Waals surface area (Å²) >= 11 is 0. The van der Waals surface area contributed by atoms with Gasteiger partial charge in [-0.1, -0.05) is 24.3 Å². The van der Waals surface area contributed by atoms with Gasteiger partial charge in [0, 0.05) is 0 Å². The first kappa shape index (κ1) is 9.68. The Morgan fingerprint density at radius 3 is 2.67 bits per heavy atom. The zero-order chi connectivity index (χ0) is 10.8. The van der Waals surface area contributed by atoms with Gasteiger partial charge in [-0.05, 0) is 28.5 Å². The molecule has 0 saturated heterocycles. The molecule has 2 N–H and O–H groups in total. The summed E-state index contributed by atoms with van der Waals surface area (Å²) in [7, 11) is 0. The summed E-state index contributed by atoms with van der Waals surface area (Å²) in [5.41, 5.74) is 0.985. The average Bonchev–Trinajstić information content (AvgIpc) is 2.27. The lowest BCUT2D eigenvalue weighted by atomic mass is 10.0. The van der Waals surface area contributed by atoms with E-state index in [0.717, 1.165) is 16.3 Å². The molecule has 3 nitrogen and oxygen atoms in total. The zero-order valence-electron chi connectivity index (χ0n) is 7.97. The standard InChI is InChI=1S/C12H10O3/c13-7-10-3-1-2-8-4-5-9(12(14)15)6-11(8)10/h1-6,13H,7H2,(H,14,15). The van der Waals surface area contributed by atoms with Gasteiger partial charge in [-0.15, -0.1) is 0 Å². The van der Waals surface area contributed by atoms with Gasteiger partial charge in [-0.2, -0.15) is 0 Å². The largest absolute Gasteiger partial charge is 0.478 e. The van der Waals surface area contributed by atoms with E-state index in [0.29, 0.717) is 0 Å². The molecule has 76 valence electrons. The fraction of sp³-hybridized carbons (Fsp3) is 0.0833. The van der Waals surface area contributed by atoms with Gasteiger partial charge in [0.1, 0.15) is 0 Å². The Bertz CT molecular complexity index is 517. The Morgan fingerprint density at radius 2 is 2.00 bits per heavy atom. The van der Waals surface area contributed by atoms with Crippen LogP contribution in [0.25, 0.3) is 10.8 Å². The fourth-order valence-corrected chi connectivity index (χ4v) is 1.61. The summed E-state index contributed by atoms with van der Waals surface area (Å²) in [6.45, 7) is -0.0829. The van der Waals surface area contributed by atoms with Crippen molar-refractivity contribution < 1.29 is 15.0 Å². The van der Waals surface area contributed by atoms with Crippen LogP contribution in [0.5, 0.6) is 0 Å². The van der Waals surface area contributed by atoms with Crippen LogP contribution in [0.2, 0.25) is 0 Å². The van der Waals surface area contributed by atoms with E-state index in [2.05, 4.69) is 0 Å². The maximum atomic E-state index is 10.8. The molecular formula is C12H10O3. The minimum absolute atomic E-state index is 0.0829. The van der Waals surface area contributed by atoms with Crippen molar-refractivity contribution in [1.29, 1.82) is 0 Å². The number of carbonyl (C=O) groups is 1. The molecule has 0 fully saturated rings. The van der Waals surface area contributed by atoms with E-state index < -0.39 is 5.97 Å². The van der Waals surface area contributed by atoms with E-state index in [1.54, 1.807) is 24.3 Å². The first-order valence-electron chi connectivity index (χ1n) is 4.58. The van der Waals surface area contributed by atoms with Gasteiger partial charge in [-0.25, -0.2) is 4.79 Å². The molecule has 3 heteroatoms. The normalized spacial score (nSPS) is 10.5. The Balaban J connectivity index is 2.72. The molecule has 0 aliphatic carbocycles. The van der Waals surface area contributed by atoms with Crippen molar-refractivity contribution in [2.75, 3.05) is 0 Å². The van der Waals surface area contributed by atoms with E-state index in [4.69, 9.17) is 10.2 Å². The molecule has 0 aromatic heterocycles. The molecule has 15 heavy (non-hydrogen) atoms. The van der Waals surface area contributed by atoms with Crippen molar-refractivity contribution in [2.24, 2.45) is 0 Å². The number of aromatic carboxylic acids is 1. The minimum atomic E-state index is -0.954. The molecule has 0 amide bonds. The highest BCUT2D eigenvalue weighted by molar-refractivity contribution is 5.95. The third-order valence-electron chi connectivity index (χ3n) is 2.39. The molecule has 0 unspecified atom stereocenters. The smallest absolute Gasteiger partial charge is 0.335 e. The van der Waals surface area contributed by atoms with Crippen molar-refractivity contribution in [1.82, 2.24) is 0 Å². The van der Waals surface area contributed by atoms with Crippen LogP contribution in [0, 0.1) is 0 Å². The van der Waals surface area contributed by atoms with Crippen LogP contribution in [0.3, 0.4) is 0 Å². The van der Waals surface area contributed by atoms with Crippen LogP contribution in [-0.2, 0) is 6.61 Å². The van der Waals surface area contributed by atoms with Gasteiger partial charge in [0.2, 0.25) is 0 Å². The quantitative estimate of drug-likeness (QED) is 0.783. The second-order valence-corrected chi connectivity index (χ2v) is 3.32. The second kappa shape index (κ2) is 3.71. The maximum Gasteiger partial charge on any atom is 0.335 e. The highest BCUT2D eigenvalue weighted by Crippen LogP contribution is 2.20. The summed E-state index contributed by atoms with van der Waals surface area (Å²) in [5.74, 6) is -0.954. The molecule has 0 aliphatic heterocycles. The van der Waals surface area contributed by atoms with Crippen LogP contribution < -0.4 is 0 Å². The minimum Gasteiger partial charge on any atom is -0.478 e. The van der Waals surface area contributed by atoms with Crippen molar-refractivity contribution in [3.05, 3.63) is 47.5 Å². The van der Waals surface area contributed by atoms with Gasteiger partial charge in [0.15, 0.2) is 0 Å². The summed E-state index contributed by atoms with van der Waals surface area (Å²) in [5, 5.41) is 19.7. The van der Waals surface area contributed by atoms with E-state index in [-0.39, 0.29) is 12.2 Å². The third kappa shape index (κ3) is 1.69. The lowest BCUT2D eigenvalue weighted by molar-refractivity contribution is 0.0697. The highest BCUT2D eigenvalue weighted by atomic mass is 16.4. The predicted molar refractivity (Wildman–Crippen MR) is 56.8 cm³/mol. The molecule has 0 radical (unpaired) electrons. The number of aliphatic hydroxyl groups is 1. The second-order valence-electron chi connectivity index (χ2n) is 3.32. The molecule has 2 aromatic carbocycles. The van der Waals surface area contributed by atoms with Crippen LogP contribution >= 0.6 is 0 Å². The predicted octanol–water partition coefficient (Wildman–Crippen LogP) is 2.03. The fourth-order valence-electron chi connectivity index (χ4n) is 1.61. The molecule has 0 bridgehead atoms. The average molecular weight is 202 g/mol. The molecule has 0 aliphatic rings. The first-order chi connectivity index (χ1) is 7.22. The Labute approximate surface area is 86.6 Å². The van der Waals surface area contributed by atoms with Crippen LogP contribution in [0.1, 0.15) is 15.9 Å². The number of fused-ring (bicyclic) bond motifs is 1. The number of carboxylic acids is 1. The van der Waals surface area contributed by atoms with Gasteiger partial charge < -0.3 is 10.2 Å². The van der Waals surface area contributed by atoms with Gasteiger partial charge in [0.05, 0.1) is 12.2 Å². The Kier molecular flexibility index (Phi) is 2.39. The first-order valence-corrected chi connectivity index (χ1v) is 4.58. The van der Waals surface area contributed by atoms with E-state index in [1.165, 1.54) is 0 Å². The van der Waals surface area contributed by atoms with Crippen molar-refractivity contribution in [3.8, 4) is 0 Å². The summed E-state index contributed by atoms with van der Waals surface area (Å²) < 4.78 is 0. The summed E-state index contributed by atoms with van der Waals surface area (Å²) in [6, 6.07) is 10.4. The molecular weight excluding hydrogens is 192 g/mol. The molecule has 0 spiro atoms. The van der Waals surface area contributed by atoms with Gasteiger partial charge in [-0.3, -0.25) is 0 Å². The molecule has 0 atom stereocenters. The van der Waals surface area contributed by atoms with Gasteiger partial charge in [0.25, 0.3) is 0 Å². The lowest BCUT2D eigenvalue weighted by Gasteiger charge is -2.04. The van der Waals surface area contributed by atoms with Crippen LogP contribution in [0.4, 0.5) is 0 Å². The summed E-state index contributed by atoms with van der Waals surface area (Å²) in [4.78, 5) is 10.8. The van der Waals surface area contributed by atoms with E-state index in [9.17, 15) is 4.79 Å². The topological polar surface area (TPSA) is 57.5 Å². The monoisotopic (exact) mass is 202 g/mol. The lowest BCUT2D eigenvalue weighted by Crippen LogP contribution is -1.96. The van der Waals surface area contributed by atoms with E-state index >= 15 is 0 Å². The molecule has 0 saturated carbocycles. The Hall–Kier alpha value is -1.87. The Morgan fingerprint density at radius 1 is 1.20 bits per heavy atom. The number of rotatable bonds is 2. The van der Waals surface area contributed by atoms with E-state index in [1.807, 2.05) is 12.1 Å². The number of carboxylic acid groups (broad SMARTS) is 1. The highest BCUT2D eigenvalue weighted by Gasteiger charge is 2.05. The summed E-state index contributed by atoms with van der Waals surface area (Å²) in [6.07, 6.45) is 0. The van der Waals surface area contributed by atoms with Gasteiger partial charge >= 0.3 is 5.97 Å². The number of hydrogen-bond acceptors (Lipinski definition) is 2. The number of benzene rings is 2. The van der Waals surface area contributed by atoms with Crippen LogP contribution in [0.15, 0.2) is 36.4 Å². The number of hydrogen-bond donors (Lipinski definition) is 2. The van der Waals surface area contributed by atoms with Crippen molar-refractivity contribution in [3.63, 3.8) is 0 Å². The SMILES string of the molecule is O=C(O)c1ccc2cccc(CO)c2c1. The zero-order valence-corrected chi connectivity index (χ0v) is 7.97. The van der Waals surface area contributed by atoms with Crippen LogP contribution in [-0.4, -0.2) is 16.2 Å². The van der Waals surface area contributed by atoms with Crippen molar-refractivity contribution >= 4 is 16.7 Å².